The number of hydrogen-bond donors (Lipinski definition) is 1. The Balaban J connectivity index is 2.22. The molecule has 19 heavy (non-hydrogen) atoms. The standard InChI is InChI=1S/C13H11N3O3/c1-16(10-3-2-6-14-8-10)12(17)9-4-5-11(13(18)19)15-7-9/h2-8H,1H3,(H,18,19). The molecule has 0 aliphatic heterocycles. The largest absolute Gasteiger partial charge is 0.477 e. The number of aromatic carboxylic acids is 1. The van der Waals surface area contributed by atoms with Crippen molar-refractivity contribution in [3.05, 3.63) is 54.1 Å². The molecule has 2 aromatic rings. The topological polar surface area (TPSA) is 83.4 Å². The first-order valence-corrected chi connectivity index (χ1v) is 5.47. The van der Waals surface area contributed by atoms with Crippen molar-refractivity contribution in [3.8, 4) is 0 Å². The van der Waals surface area contributed by atoms with Gasteiger partial charge in [-0.3, -0.25) is 9.78 Å². The summed E-state index contributed by atoms with van der Waals surface area (Å²) in [6.07, 6.45) is 4.43. The molecule has 6 heteroatoms. The van der Waals surface area contributed by atoms with Gasteiger partial charge in [-0.1, -0.05) is 0 Å². The van der Waals surface area contributed by atoms with Crippen molar-refractivity contribution in [2.24, 2.45) is 0 Å². The second kappa shape index (κ2) is 5.26. The molecule has 0 aliphatic carbocycles. The summed E-state index contributed by atoms with van der Waals surface area (Å²) in [5.41, 5.74) is 0.867. The number of amides is 1. The highest BCUT2D eigenvalue weighted by molar-refractivity contribution is 6.05. The van der Waals surface area contributed by atoms with Crippen LogP contribution in [0.15, 0.2) is 42.9 Å². The molecule has 0 bridgehead atoms. The normalized spacial score (nSPS) is 9.95. The van der Waals surface area contributed by atoms with Crippen molar-refractivity contribution < 1.29 is 14.7 Å². The molecule has 0 unspecified atom stereocenters. The predicted octanol–water partition coefficient (Wildman–Crippen LogP) is 1.45. The summed E-state index contributed by atoms with van der Waals surface area (Å²) in [4.78, 5) is 31.9. The fraction of sp³-hybridized carbons (Fsp3) is 0.0769. The minimum atomic E-state index is -1.13. The third kappa shape index (κ3) is 2.74. The lowest BCUT2D eigenvalue weighted by atomic mass is 10.2. The van der Waals surface area contributed by atoms with Crippen LogP contribution >= 0.6 is 0 Å². The summed E-state index contributed by atoms with van der Waals surface area (Å²) in [5.74, 6) is -1.41. The molecule has 0 radical (unpaired) electrons. The molecule has 0 saturated heterocycles. The van der Waals surface area contributed by atoms with E-state index in [1.165, 1.54) is 23.2 Å². The lowest BCUT2D eigenvalue weighted by molar-refractivity contribution is 0.0690. The first-order valence-electron chi connectivity index (χ1n) is 5.47. The molecule has 0 aliphatic rings. The van der Waals surface area contributed by atoms with Gasteiger partial charge in [-0.2, -0.15) is 0 Å². The summed E-state index contributed by atoms with van der Waals surface area (Å²) in [7, 11) is 1.62. The predicted molar refractivity (Wildman–Crippen MR) is 68.2 cm³/mol. The average molecular weight is 257 g/mol. The van der Waals surface area contributed by atoms with Gasteiger partial charge in [0.1, 0.15) is 5.69 Å². The van der Waals surface area contributed by atoms with Gasteiger partial charge < -0.3 is 10.0 Å². The first-order chi connectivity index (χ1) is 9.09. The highest BCUT2D eigenvalue weighted by Gasteiger charge is 2.14. The SMILES string of the molecule is CN(C(=O)c1ccc(C(=O)O)nc1)c1cccnc1. The van der Waals surface area contributed by atoms with Crippen molar-refractivity contribution in [3.63, 3.8) is 0 Å². The van der Waals surface area contributed by atoms with Crippen LogP contribution in [-0.2, 0) is 0 Å². The Morgan fingerprint density at radius 1 is 1.21 bits per heavy atom. The first kappa shape index (κ1) is 12.7. The zero-order valence-corrected chi connectivity index (χ0v) is 10.1. The highest BCUT2D eigenvalue weighted by atomic mass is 16.4. The van der Waals surface area contributed by atoms with Crippen LogP contribution in [0.1, 0.15) is 20.8 Å². The van der Waals surface area contributed by atoms with E-state index in [2.05, 4.69) is 9.97 Å². The van der Waals surface area contributed by atoms with E-state index in [9.17, 15) is 9.59 Å². The Labute approximate surface area is 109 Å². The molecule has 0 aromatic carbocycles. The molecule has 2 heterocycles. The summed E-state index contributed by atoms with van der Waals surface area (Å²) in [6, 6.07) is 6.22. The number of hydrogen-bond acceptors (Lipinski definition) is 4. The van der Waals surface area contributed by atoms with E-state index < -0.39 is 5.97 Å². The van der Waals surface area contributed by atoms with Gasteiger partial charge in [-0.25, -0.2) is 9.78 Å². The third-order valence-corrected chi connectivity index (χ3v) is 2.57. The van der Waals surface area contributed by atoms with Gasteiger partial charge in [0.15, 0.2) is 0 Å². The number of aromatic nitrogens is 2. The Bertz CT molecular complexity index is 596. The monoisotopic (exact) mass is 257 g/mol. The fourth-order valence-electron chi connectivity index (χ4n) is 1.51. The van der Waals surface area contributed by atoms with Crippen molar-refractivity contribution in [1.82, 2.24) is 9.97 Å². The van der Waals surface area contributed by atoms with E-state index in [-0.39, 0.29) is 11.6 Å². The smallest absolute Gasteiger partial charge is 0.354 e. The number of carboxylic acid groups (broad SMARTS) is 1. The second-order valence-electron chi connectivity index (χ2n) is 3.81. The molecular weight excluding hydrogens is 246 g/mol. The molecule has 96 valence electrons. The zero-order valence-electron chi connectivity index (χ0n) is 10.1. The molecule has 6 nitrogen and oxygen atoms in total. The van der Waals surface area contributed by atoms with E-state index >= 15 is 0 Å². The van der Waals surface area contributed by atoms with Gasteiger partial charge in [0, 0.05) is 19.4 Å². The lowest BCUT2D eigenvalue weighted by Crippen LogP contribution is -2.26. The number of carbonyl (C=O) groups excluding carboxylic acids is 1. The maximum absolute atomic E-state index is 12.1. The Morgan fingerprint density at radius 2 is 2.00 bits per heavy atom. The van der Waals surface area contributed by atoms with E-state index in [1.54, 1.807) is 31.6 Å². The highest BCUT2D eigenvalue weighted by Crippen LogP contribution is 2.13. The average Bonchev–Trinajstić information content (AvgIpc) is 2.46. The molecule has 0 atom stereocenters. The van der Waals surface area contributed by atoms with Gasteiger partial charge in [-0.15, -0.1) is 0 Å². The van der Waals surface area contributed by atoms with Crippen LogP contribution < -0.4 is 4.90 Å². The number of pyridine rings is 2. The van der Waals surface area contributed by atoms with Gasteiger partial charge in [-0.05, 0) is 24.3 Å². The van der Waals surface area contributed by atoms with E-state index in [1.807, 2.05) is 0 Å². The summed E-state index contributed by atoms with van der Waals surface area (Å²) in [6.45, 7) is 0. The van der Waals surface area contributed by atoms with Crippen LogP contribution in [0.3, 0.4) is 0 Å². The van der Waals surface area contributed by atoms with Crippen LogP contribution in [0.4, 0.5) is 5.69 Å². The second-order valence-corrected chi connectivity index (χ2v) is 3.81. The molecule has 0 fully saturated rings. The molecule has 0 spiro atoms. The minimum Gasteiger partial charge on any atom is -0.477 e. The van der Waals surface area contributed by atoms with Gasteiger partial charge >= 0.3 is 5.97 Å². The molecule has 0 saturated carbocycles. The maximum Gasteiger partial charge on any atom is 0.354 e. The van der Waals surface area contributed by atoms with Crippen molar-refractivity contribution in [2.75, 3.05) is 11.9 Å². The van der Waals surface area contributed by atoms with E-state index in [0.717, 1.165) is 0 Å². The quantitative estimate of drug-likeness (QED) is 0.899. The molecule has 2 rings (SSSR count). The van der Waals surface area contributed by atoms with Crippen LogP contribution in [0.5, 0.6) is 0 Å². The summed E-state index contributed by atoms with van der Waals surface area (Å²) in [5, 5.41) is 8.74. The van der Waals surface area contributed by atoms with E-state index in [4.69, 9.17) is 5.11 Å². The zero-order chi connectivity index (χ0) is 13.8. The van der Waals surface area contributed by atoms with E-state index in [0.29, 0.717) is 11.3 Å². The van der Waals surface area contributed by atoms with Crippen LogP contribution in [0, 0.1) is 0 Å². The number of carbonyl (C=O) groups is 2. The van der Waals surface area contributed by atoms with Crippen molar-refractivity contribution >= 4 is 17.6 Å². The lowest BCUT2D eigenvalue weighted by Gasteiger charge is -2.16. The van der Waals surface area contributed by atoms with Gasteiger partial charge in [0.05, 0.1) is 17.4 Å². The van der Waals surface area contributed by atoms with Gasteiger partial charge in [0.2, 0.25) is 0 Å². The summed E-state index contributed by atoms with van der Waals surface area (Å²) >= 11 is 0. The number of carboxylic acids is 1. The Kier molecular flexibility index (Phi) is 3.51. The number of nitrogens with zero attached hydrogens (tertiary/aromatic N) is 3. The van der Waals surface area contributed by atoms with Gasteiger partial charge in [0.25, 0.3) is 5.91 Å². The maximum atomic E-state index is 12.1. The third-order valence-electron chi connectivity index (χ3n) is 2.57. The molecule has 2 aromatic heterocycles. The molecule has 1 amide bonds. The molecular formula is C13H11N3O3. The van der Waals surface area contributed by atoms with Crippen LogP contribution in [-0.4, -0.2) is 34.0 Å². The number of anilines is 1. The van der Waals surface area contributed by atoms with Crippen LogP contribution in [0.2, 0.25) is 0 Å². The molecule has 1 N–H and O–H groups in total. The Hall–Kier alpha value is -2.76. The minimum absolute atomic E-state index is 0.0967. The number of rotatable bonds is 3. The van der Waals surface area contributed by atoms with Crippen LogP contribution in [0.25, 0.3) is 0 Å². The fourth-order valence-corrected chi connectivity index (χ4v) is 1.51. The Morgan fingerprint density at radius 3 is 2.53 bits per heavy atom. The van der Waals surface area contributed by atoms with Crippen molar-refractivity contribution in [1.29, 1.82) is 0 Å². The summed E-state index contributed by atoms with van der Waals surface area (Å²) < 4.78 is 0. The van der Waals surface area contributed by atoms with Crippen molar-refractivity contribution in [2.45, 2.75) is 0 Å².